The van der Waals surface area contributed by atoms with Gasteiger partial charge >= 0.3 is 5.97 Å². The van der Waals surface area contributed by atoms with E-state index in [1.807, 2.05) is 0 Å². The van der Waals surface area contributed by atoms with E-state index in [1.165, 1.54) is 12.1 Å². The molecule has 1 aromatic carbocycles. The molecule has 7 heteroatoms. The van der Waals surface area contributed by atoms with Crippen LogP contribution in [-0.4, -0.2) is 40.5 Å². The van der Waals surface area contributed by atoms with Gasteiger partial charge in [0.25, 0.3) is 5.69 Å². The Morgan fingerprint density at radius 3 is 2.37 bits per heavy atom. The molecule has 0 aliphatic rings. The van der Waals surface area contributed by atoms with E-state index in [1.54, 1.807) is 31.0 Å². The van der Waals surface area contributed by atoms with Gasteiger partial charge in [-0.05, 0) is 26.0 Å². The minimum Gasteiger partial charge on any atom is -0.480 e. The Hall–Kier alpha value is -1.66. The van der Waals surface area contributed by atoms with Gasteiger partial charge in [-0.1, -0.05) is 12.1 Å². The topological polar surface area (TPSA) is 83.7 Å². The molecular weight excluding hydrogens is 272 g/mol. The number of rotatable bonds is 6. The average molecular weight is 289 g/mol. The van der Waals surface area contributed by atoms with E-state index in [0.29, 0.717) is 13.0 Å². The number of hydrogen-bond donors (Lipinski definition) is 1. The molecule has 1 unspecified atom stereocenters. The van der Waals surface area contributed by atoms with Crippen LogP contribution in [0.5, 0.6) is 0 Å². The SMILES string of the molecule is CC(C(=O)O)N(C)CCc1ccc([N+](=O)[O-])cc1.Cl. The Kier molecular flexibility index (Phi) is 7.03. The predicted octanol–water partition coefficient (Wildman–Crippen LogP) is 1.96. The molecule has 0 spiro atoms. The first-order valence-corrected chi connectivity index (χ1v) is 5.58. The van der Waals surface area contributed by atoms with Gasteiger partial charge in [0.05, 0.1) is 4.92 Å². The summed E-state index contributed by atoms with van der Waals surface area (Å²) in [6, 6.07) is 5.75. The van der Waals surface area contributed by atoms with Gasteiger partial charge in [0.15, 0.2) is 0 Å². The summed E-state index contributed by atoms with van der Waals surface area (Å²) in [5.41, 5.74) is 1.01. The van der Waals surface area contributed by atoms with E-state index in [-0.39, 0.29) is 18.1 Å². The highest BCUT2D eigenvalue weighted by Crippen LogP contribution is 2.12. The molecule has 1 aromatic rings. The zero-order valence-corrected chi connectivity index (χ0v) is 11.6. The third-order valence-electron chi connectivity index (χ3n) is 2.92. The standard InChI is InChI=1S/C12H16N2O4.ClH/c1-9(12(15)16)13(2)8-7-10-3-5-11(6-4-10)14(17)18;/h3-6,9H,7-8H2,1-2H3,(H,15,16);1H. The highest BCUT2D eigenvalue weighted by Gasteiger charge is 2.16. The number of nitrogens with zero attached hydrogens (tertiary/aromatic N) is 2. The van der Waals surface area contributed by atoms with Crippen molar-refractivity contribution in [3.05, 3.63) is 39.9 Å². The van der Waals surface area contributed by atoms with E-state index in [4.69, 9.17) is 5.11 Å². The molecule has 1 atom stereocenters. The average Bonchev–Trinajstić information content (AvgIpc) is 2.35. The Balaban J connectivity index is 0.00000324. The van der Waals surface area contributed by atoms with Gasteiger partial charge in [-0.15, -0.1) is 12.4 Å². The van der Waals surface area contributed by atoms with Crippen LogP contribution in [0.25, 0.3) is 0 Å². The van der Waals surface area contributed by atoms with Gasteiger partial charge in [-0.2, -0.15) is 0 Å². The molecule has 6 nitrogen and oxygen atoms in total. The monoisotopic (exact) mass is 288 g/mol. The minimum atomic E-state index is -0.860. The second kappa shape index (κ2) is 7.70. The lowest BCUT2D eigenvalue weighted by molar-refractivity contribution is -0.384. The molecule has 0 aromatic heterocycles. The summed E-state index contributed by atoms with van der Waals surface area (Å²) in [4.78, 5) is 22.5. The molecular formula is C12H17ClN2O4. The first kappa shape index (κ1) is 17.3. The number of carboxylic acid groups (broad SMARTS) is 1. The first-order chi connectivity index (χ1) is 8.41. The maximum Gasteiger partial charge on any atom is 0.320 e. The maximum absolute atomic E-state index is 10.8. The Bertz CT molecular complexity index is 436. The van der Waals surface area contributed by atoms with Crippen LogP contribution in [0.3, 0.4) is 0 Å². The number of halogens is 1. The molecule has 0 saturated carbocycles. The summed E-state index contributed by atoms with van der Waals surface area (Å²) in [5, 5.41) is 19.3. The largest absolute Gasteiger partial charge is 0.480 e. The second-order valence-electron chi connectivity index (χ2n) is 4.17. The smallest absolute Gasteiger partial charge is 0.320 e. The van der Waals surface area contributed by atoms with Crippen molar-refractivity contribution in [1.82, 2.24) is 4.90 Å². The van der Waals surface area contributed by atoms with Gasteiger partial charge in [0.1, 0.15) is 6.04 Å². The van der Waals surface area contributed by atoms with Gasteiger partial charge in [0, 0.05) is 18.7 Å². The van der Waals surface area contributed by atoms with Gasteiger partial charge < -0.3 is 5.11 Å². The van der Waals surface area contributed by atoms with Crippen molar-refractivity contribution < 1.29 is 14.8 Å². The van der Waals surface area contributed by atoms with Crippen LogP contribution >= 0.6 is 12.4 Å². The number of hydrogen-bond acceptors (Lipinski definition) is 4. The van der Waals surface area contributed by atoms with Gasteiger partial charge in [0.2, 0.25) is 0 Å². The van der Waals surface area contributed by atoms with Gasteiger partial charge in [-0.25, -0.2) is 0 Å². The highest BCUT2D eigenvalue weighted by atomic mass is 35.5. The van der Waals surface area contributed by atoms with Crippen molar-refractivity contribution >= 4 is 24.1 Å². The van der Waals surface area contributed by atoms with Crippen LogP contribution < -0.4 is 0 Å². The minimum absolute atomic E-state index is 0. The molecule has 0 radical (unpaired) electrons. The fourth-order valence-electron chi connectivity index (χ4n) is 1.47. The van der Waals surface area contributed by atoms with Crippen molar-refractivity contribution in [1.29, 1.82) is 0 Å². The molecule has 106 valence electrons. The summed E-state index contributed by atoms with van der Waals surface area (Å²) in [7, 11) is 1.74. The van der Waals surface area contributed by atoms with Gasteiger partial charge in [-0.3, -0.25) is 19.8 Å². The molecule has 0 fully saturated rings. The number of carboxylic acids is 1. The van der Waals surface area contributed by atoms with E-state index in [2.05, 4.69) is 0 Å². The lowest BCUT2D eigenvalue weighted by atomic mass is 10.1. The van der Waals surface area contributed by atoms with Crippen molar-refractivity contribution in [2.24, 2.45) is 0 Å². The third kappa shape index (κ3) is 5.23. The van der Waals surface area contributed by atoms with Crippen molar-refractivity contribution in [2.75, 3.05) is 13.6 Å². The Labute approximate surface area is 117 Å². The Morgan fingerprint density at radius 1 is 1.42 bits per heavy atom. The molecule has 1 rings (SSSR count). The fourth-order valence-corrected chi connectivity index (χ4v) is 1.47. The predicted molar refractivity (Wildman–Crippen MR) is 73.8 cm³/mol. The van der Waals surface area contributed by atoms with Crippen molar-refractivity contribution in [3.63, 3.8) is 0 Å². The van der Waals surface area contributed by atoms with Crippen LogP contribution in [0.15, 0.2) is 24.3 Å². The Morgan fingerprint density at radius 2 is 1.95 bits per heavy atom. The highest BCUT2D eigenvalue weighted by molar-refractivity contribution is 5.85. The molecule has 0 saturated heterocycles. The van der Waals surface area contributed by atoms with E-state index < -0.39 is 16.9 Å². The number of nitro groups is 1. The molecule has 19 heavy (non-hydrogen) atoms. The van der Waals surface area contributed by atoms with Crippen LogP contribution in [0.2, 0.25) is 0 Å². The third-order valence-corrected chi connectivity index (χ3v) is 2.92. The van der Waals surface area contributed by atoms with Crippen LogP contribution in [0.4, 0.5) is 5.69 Å². The van der Waals surface area contributed by atoms with Crippen LogP contribution in [0.1, 0.15) is 12.5 Å². The quantitative estimate of drug-likeness (QED) is 0.639. The van der Waals surface area contributed by atoms with E-state index in [0.717, 1.165) is 5.56 Å². The van der Waals surface area contributed by atoms with E-state index in [9.17, 15) is 14.9 Å². The zero-order chi connectivity index (χ0) is 13.7. The van der Waals surface area contributed by atoms with Crippen LogP contribution in [0, 0.1) is 10.1 Å². The number of aliphatic carboxylic acids is 1. The maximum atomic E-state index is 10.8. The summed E-state index contributed by atoms with van der Waals surface area (Å²) >= 11 is 0. The lowest BCUT2D eigenvalue weighted by Crippen LogP contribution is -2.37. The number of likely N-dealkylation sites (N-methyl/N-ethyl adjacent to an activating group) is 1. The number of non-ortho nitro benzene ring substituents is 1. The molecule has 0 aliphatic carbocycles. The van der Waals surface area contributed by atoms with Crippen molar-refractivity contribution in [3.8, 4) is 0 Å². The molecule has 0 heterocycles. The number of nitro benzene ring substituents is 1. The molecule has 0 bridgehead atoms. The lowest BCUT2D eigenvalue weighted by Gasteiger charge is -2.20. The van der Waals surface area contributed by atoms with Crippen LogP contribution in [-0.2, 0) is 11.2 Å². The second-order valence-corrected chi connectivity index (χ2v) is 4.17. The molecule has 0 aliphatic heterocycles. The fraction of sp³-hybridized carbons (Fsp3) is 0.417. The summed E-state index contributed by atoms with van der Waals surface area (Å²) in [6.45, 7) is 2.21. The van der Waals surface area contributed by atoms with Crippen molar-refractivity contribution in [2.45, 2.75) is 19.4 Å². The summed E-state index contributed by atoms with van der Waals surface area (Å²) < 4.78 is 0. The number of benzene rings is 1. The molecule has 0 amide bonds. The summed E-state index contributed by atoms with van der Waals surface area (Å²) in [5.74, 6) is -0.860. The normalized spacial score (nSPS) is 11.7. The molecule has 1 N–H and O–H groups in total. The summed E-state index contributed by atoms with van der Waals surface area (Å²) in [6.07, 6.45) is 0.659. The zero-order valence-electron chi connectivity index (χ0n) is 10.8. The first-order valence-electron chi connectivity index (χ1n) is 5.58. The number of carbonyl (C=O) groups is 1. The van der Waals surface area contributed by atoms with E-state index >= 15 is 0 Å².